The minimum atomic E-state index is 0.994. The maximum absolute atomic E-state index is 2.56. The van der Waals surface area contributed by atoms with Gasteiger partial charge in [0, 0.05) is 35.8 Å². The fraction of sp³-hybridized carbons (Fsp3) is 0.125. The van der Waals surface area contributed by atoms with E-state index in [1.165, 1.54) is 122 Å². The molecule has 3 aliphatic rings. The number of anilines is 4. The normalized spacial score (nSPS) is 14.4. The highest BCUT2D eigenvalue weighted by Crippen LogP contribution is 2.49. The molecule has 2 heterocycles. The summed E-state index contributed by atoms with van der Waals surface area (Å²) < 4.78 is 0. The topological polar surface area (TPSA) is 6.48 Å². The fourth-order valence-electron chi connectivity index (χ4n) is 11.7. The van der Waals surface area contributed by atoms with Crippen molar-refractivity contribution in [3.8, 4) is 44.5 Å². The van der Waals surface area contributed by atoms with Crippen molar-refractivity contribution in [2.45, 2.75) is 38.5 Å². The number of para-hydroxylation sites is 2. The maximum Gasteiger partial charge on any atom is 0.0443 e. The van der Waals surface area contributed by atoms with Gasteiger partial charge in [0.05, 0.1) is 0 Å². The van der Waals surface area contributed by atoms with Crippen molar-refractivity contribution in [2.24, 2.45) is 0 Å². The third kappa shape index (κ3) is 6.54. The zero-order chi connectivity index (χ0) is 43.6. The van der Waals surface area contributed by atoms with E-state index >= 15 is 0 Å². The molecule has 0 amide bonds. The molecule has 0 bridgehead atoms. The Morgan fingerprint density at radius 2 is 0.894 bits per heavy atom. The monoisotopic (exact) mass is 846 g/mol. The molecule has 0 aromatic heterocycles. The molecular formula is C64H50N2. The van der Waals surface area contributed by atoms with Gasteiger partial charge in [-0.25, -0.2) is 0 Å². The molecule has 0 fully saturated rings. The van der Waals surface area contributed by atoms with Crippen LogP contribution >= 0.6 is 0 Å². The van der Waals surface area contributed by atoms with Crippen molar-refractivity contribution >= 4 is 61.1 Å². The van der Waals surface area contributed by atoms with Crippen LogP contribution in [0.5, 0.6) is 0 Å². The third-order valence-electron chi connectivity index (χ3n) is 14.7. The first-order valence-electron chi connectivity index (χ1n) is 24.0. The van der Waals surface area contributed by atoms with Gasteiger partial charge in [0.1, 0.15) is 0 Å². The summed E-state index contributed by atoms with van der Waals surface area (Å²) in [5.74, 6) is 0. The molecule has 0 spiro atoms. The maximum atomic E-state index is 2.56. The number of allylic oxidation sites excluding steroid dienone is 1. The first-order valence-corrected chi connectivity index (χ1v) is 24.0. The van der Waals surface area contributed by atoms with E-state index in [-0.39, 0.29) is 0 Å². The SMILES string of the molecule is C1=Cc2cccc(-c3cccc(-c4c5ccc(N6CCCc7ccccc76)cc5c(-c5cccc(-c6cccc7ccccc67)c5)c5ccc(N6CCCc7ccccc76)cc45)c3)c2CC1. The van der Waals surface area contributed by atoms with Gasteiger partial charge in [0.15, 0.2) is 0 Å². The van der Waals surface area contributed by atoms with Gasteiger partial charge in [-0.2, -0.15) is 0 Å². The number of fused-ring (bicyclic) bond motifs is 6. The second-order valence-corrected chi connectivity index (χ2v) is 18.5. The van der Waals surface area contributed by atoms with E-state index in [9.17, 15) is 0 Å². The lowest BCUT2D eigenvalue weighted by atomic mass is 9.83. The molecular weight excluding hydrogens is 797 g/mol. The number of nitrogens with zero attached hydrogens (tertiary/aromatic N) is 2. The predicted octanol–water partition coefficient (Wildman–Crippen LogP) is 16.9. The van der Waals surface area contributed by atoms with E-state index in [0.29, 0.717) is 0 Å². The lowest BCUT2D eigenvalue weighted by Gasteiger charge is -2.32. The minimum absolute atomic E-state index is 0.994. The summed E-state index contributed by atoms with van der Waals surface area (Å²) in [5, 5.41) is 7.62. The van der Waals surface area contributed by atoms with Crippen LogP contribution in [0.15, 0.2) is 200 Å². The number of aryl methyl sites for hydroxylation is 2. The quantitative estimate of drug-likeness (QED) is 0.154. The average Bonchev–Trinajstić information content (AvgIpc) is 3.39. The van der Waals surface area contributed by atoms with E-state index in [1.54, 1.807) is 0 Å². The lowest BCUT2D eigenvalue weighted by Crippen LogP contribution is -2.24. The zero-order valence-corrected chi connectivity index (χ0v) is 37.2. The highest BCUT2D eigenvalue weighted by atomic mass is 15.1. The number of hydrogen-bond donors (Lipinski definition) is 0. The van der Waals surface area contributed by atoms with E-state index in [0.717, 1.165) is 51.6 Å². The van der Waals surface area contributed by atoms with E-state index in [4.69, 9.17) is 0 Å². The van der Waals surface area contributed by atoms with Crippen LogP contribution in [0, 0.1) is 0 Å². The van der Waals surface area contributed by atoms with Gasteiger partial charge >= 0.3 is 0 Å². The highest BCUT2D eigenvalue weighted by molar-refractivity contribution is 6.23. The van der Waals surface area contributed by atoms with E-state index in [1.807, 2.05) is 0 Å². The van der Waals surface area contributed by atoms with Gasteiger partial charge in [-0.3, -0.25) is 0 Å². The Morgan fingerprint density at radius 3 is 1.56 bits per heavy atom. The summed E-state index contributed by atoms with van der Waals surface area (Å²) in [7, 11) is 0. The van der Waals surface area contributed by atoms with Crippen LogP contribution in [0.25, 0.3) is 82.9 Å². The second-order valence-electron chi connectivity index (χ2n) is 18.5. The van der Waals surface area contributed by atoms with Crippen molar-refractivity contribution in [3.05, 3.63) is 222 Å². The molecule has 0 unspecified atom stereocenters. The van der Waals surface area contributed by atoms with Crippen LogP contribution in [0.2, 0.25) is 0 Å². The van der Waals surface area contributed by atoms with Crippen LogP contribution in [-0.4, -0.2) is 13.1 Å². The van der Waals surface area contributed by atoms with Crippen LogP contribution in [0.3, 0.4) is 0 Å². The Morgan fingerprint density at radius 1 is 0.364 bits per heavy atom. The Kier molecular flexibility index (Phi) is 9.44. The predicted molar refractivity (Wildman–Crippen MR) is 282 cm³/mol. The van der Waals surface area contributed by atoms with Gasteiger partial charge in [0.2, 0.25) is 0 Å². The van der Waals surface area contributed by atoms with Crippen molar-refractivity contribution < 1.29 is 0 Å². The summed E-state index contributed by atoms with van der Waals surface area (Å²) in [6, 6.07) is 73.8. The first-order chi connectivity index (χ1) is 32.7. The number of benzene rings is 10. The standard InChI is InChI=1S/C64H50N2/c1-5-27-53-43(15-1)19-11-29-55(53)47-21-9-23-49(39-47)63-57-35-33-52(66-38-14-26-46-18-4-8-32-62(46)66)42-60(57)64(50-24-10-22-48(40-50)56-30-12-20-44-16-2-6-28-54(44)56)58-36-34-51(41-59(58)63)65-37-13-25-45-17-3-7-31-61(45)65/h1-5,7-12,15-24,27,29-36,39-42H,6,13-14,25-26,28,37-38H2. The Bertz CT molecular complexity index is 3570. The van der Waals surface area contributed by atoms with Crippen LogP contribution in [0.1, 0.15) is 41.5 Å². The molecule has 2 nitrogen and oxygen atoms in total. The molecule has 0 saturated heterocycles. The third-order valence-corrected chi connectivity index (χ3v) is 14.7. The van der Waals surface area contributed by atoms with Crippen LogP contribution in [0.4, 0.5) is 22.7 Å². The first kappa shape index (κ1) is 38.8. The molecule has 0 N–H and O–H groups in total. The zero-order valence-electron chi connectivity index (χ0n) is 37.2. The van der Waals surface area contributed by atoms with Crippen molar-refractivity contribution in [2.75, 3.05) is 22.9 Å². The molecule has 0 atom stereocenters. The van der Waals surface area contributed by atoms with Gasteiger partial charge in [-0.15, -0.1) is 0 Å². The highest BCUT2D eigenvalue weighted by Gasteiger charge is 2.25. The molecule has 1 aliphatic carbocycles. The van der Waals surface area contributed by atoms with Gasteiger partial charge in [0.25, 0.3) is 0 Å². The largest absolute Gasteiger partial charge is 0.341 e. The summed E-state index contributed by atoms with van der Waals surface area (Å²) in [4.78, 5) is 5.12. The minimum Gasteiger partial charge on any atom is -0.341 e. The van der Waals surface area contributed by atoms with Crippen LogP contribution < -0.4 is 9.80 Å². The Balaban J connectivity index is 1.10. The van der Waals surface area contributed by atoms with Gasteiger partial charge < -0.3 is 9.80 Å². The number of hydrogen-bond acceptors (Lipinski definition) is 2. The molecule has 10 aromatic carbocycles. The molecule has 66 heavy (non-hydrogen) atoms. The van der Waals surface area contributed by atoms with Crippen molar-refractivity contribution in [1.29, 1.82) is 0 Å². The average molecular weight is 847 g/mol. The smallest absolute Gasteiger partial charge is 0.0443 e. The molecule has 2 heteroatoms. The Labute approximate surface area is 387 Å². The second kappa shape index (κ2) is 16.1. The molecule has 0 saturated carbocycles. The van der Waals surface area contributed by atoms with Crippen molar-refractivity contribution in [3.63, 3.8) is 0 Å². The van der Waals surface area contributed by atoms with Gasteiger partial charge in [-0.1, -0.05) is 158 Å². The molecule has 2 aliphatic heterocycles. The van der Waals surface area contributed by atoms with Crippen LogP contribution in [-0.2, 0) is 19.3 Å². The lowest BCUT2D eigenvalue weighted by molar-refractivity contribution is 0.767. The van der Waals surface area contributed by atoms with Gasteiger partial charge in [-0.05, 0) is 186 Å². The summed E-state index contributed by atoms with van der Waals surface area (Å²) in [6.07, 6.45) is 11.3. The summed E-state index contributed by atoms with van der Waals surface area (Å²) in [6.45, 7) is 1.99. The molecule has 316 valence electrons. The van der Waals surface area contributed by atoms with Crippen molar-refractivity contribution in [1.82, 2.24) is 0 Å². The Hall–Kier alpha value is -7.68. The number of rotatable bonds is 6. The fourth-order valence-corrected chi connectivity index (χ4v) is 11.7. The molecule has 0 radical (unpaired) electrons. The summed E-state index contributed by atoms with van der Waals surface area (Å²) in [5.41, 5.74) is 20.9. The molecule has 10 aromatic rings. The van der Waals surface area contributed by atoms with E-state index < -0.39 is 0 Å². The molecule has 13 rings (SSSR count). The summed E-state index contributed by atoms with van der Waals surface area (Å²) >= 11 is 0. The van der Waals surface area contributed by atoms with E-state index in [2.05, 4.69) is 216 Å².